The lowest BCUT2D eigenvalue weighted by Crippen LogP contribution is -2.47. The van der Waals surface area contributed by atoms with Crippen LogP contribution in [0.1, 0.15) is 17.2 Å². The van der Waals surface area contributed by atoms with Gasteiger partial charge in [-0.25, -0.2) is 8.42 Å². The van der Waals surface area contributed by atoms with Gasteiger partial charge in [0.15, 0.2) is 9.84 Å². The first-order valence-electron chi connectivity index (χ1n) is 9.80. The molecule has 0 aromatic heterocycles. The van der Waals surface area contributed by atoms with E-state index in [1.165, 1.54) is 0 Å². The fraction of sp³-hybridized carbons (Fsp3) is 0.409. The van der Waals surface area contributed by atoms with E-state index in [0.717, 1.165) is 11.1 Å². The number of benzene rings is 2. The maximum Gasteiger partial charge on any atom is 0.244 e. The highest BCUT2D eigenvalue weighted by Crippen LogP contribution is 2.28. The second-order valence-electron chi connectivity index (χ2n) is 7.37. The number of amides is 1. The van der Waals surface area contributed by atoms with E-state index < -0.39 is 15.9 Å². The van der Waals surface area contributed by atoms with Gasteiger partial charge in [-0.1, -0.05) is 30.3 Å². The summed E-state index contributed by atoms with van der Waals surface area (Å²) in [7, 11) is 1.89. The third-order valence-corrected chi connectivity index (χ3v) is 6.98. The van der Waals surface area contributed by atoms with Crippen molar-refractivity contribution in [1.29, 1.82) is 0 Å². The molecule has 8 heteroatoms. The van der Waals surface area contributed by atoms with Crippen LogP contribution < -0.4 is 9.47 Å². The number of methoxy groups -OCH3 is 2. The molecule has 0 radical (unpaired) electrons. The minimum Gasteiger partial charge on any atom is -0.497 e. The average molecular weight is 433 g/mol. The van der Waals surface area contributed by atoms with Gasteiger partial charge >= 0.3 is 0 Å². The number of hydrogen-bond donors (Lipinski definition) is 0. The van der Waals surface area contributed by atoms with E-state index in [0.29, 0.717) is 31.1 Å². The van der Waals surface area contributed by atoms with E-state index in [4.69, 9.17) is 9.47 Å². The van der Waals surface area contributed by atoms with Crippen molar-refractivity contribution in [3.8, 4) is 11.5 Å². The van der Waals surface area contributed by atoms with Crippen LogP contribution in [0, 0.1) is 0 Å². The fourth-order valence-electron chi connectivity index (χ4n) is 3.65. The van der Waals surface area contributed by atoms with Gasteiger partial charge in [0.1, 0.15) is 17.5 Å². The van der Waals surface area contributed by atoms with Crippen molar-refractivity contribution in [2.45, 2.75) is 12.6 Å². The molecule has 2 aromatic carbocycles. The van der Waals surface area contributed by atoms with Gasteiger partial charge in [0.2, 0.25) is 5.91 Å². The summed E-state index contributed by atoms with van der Waals surface area (Å²) in [6.45, 7) is 1.04. The van der Waals surface area contributed by atoms with Gasteiger partial charge in [-0.3, -0.25) is 9.69 Å². The first-order chi connectivity index (χ1) is 14.3. The summed E-state index contributed by atoms with van der Waals surface area (Å²) in [5.74, 6) is 1.38. The zero-order valence-corrected chi connectivity index (χ0v) is 18.4. The van der Waals surface area contributed by atoms with E-state index in [9.17, 15) is 13.2 Å². The third-order valence-electron chi connectivity index (χ3n) is 5.37. The summed E-state index contributed by atoms with van der Waals surface area (Å²) in [5.41, 5.74) is 1.72. The summed E-state index contributed by atoms with van der Waals surface area (Å²) in [5, 5.41) is 0. The van der Waals surface area contributed by atoms with Crippen LogP contribution in [-0.2, 0) is 21.2 Å². The van der Waals surface area contributed by atoms with Crippen molar-refractivity contribution in [3.63, 3.8) is 0 Å². The van der Waals surface area contributed by atoms with Gasteiger partial charge in [-0.15, -0.1) is 0 Å². The topological polar surface area (TPSA) is 76.2 Å². The Hall–Kier alpha value is -2.58. The number of nitrogens with zero attached hydrogens (tertiary/aromatic N) is 2. The van der Waals surface area contributed by atoms with Crippen molar-refractivity contribution in [3.05, 3.63) is 59.7 Å². The van der Waals surface area contributed by atoms with Crippen molar-refractivity contribution >= 4 is 15.7 Å². The van der Waals surface area contributed by atoms with Crippen molar-refractivity contribution in [2.75, 3.05) is 45.9 Å². The van der Waals surface area contributed by atoms with Gasteiger partial charge in [0.05, 0.1) is 25.7 Å². The van der Waals surface area contributed by atoms with Gasteiger partial charge < -0.3 is 14.4 Å². The van der Waals surface area contributed by atoms with Gasteiger partial charge in [0.25, 0.3) is 0 Å². The molecule has 0 aliphatic carbocycles. The molecule has 0 spiro atoms. The van der Waals surface area contributed by atoms with Gasteiger partial charge in [-0.2, -0.15) is 0 Å². The smallest absolute Gasteiger partial charge is 0.244 e. The van der Waals surface area contributed by atoms with E-state index in [2.05, 4.69) is 0 Å². The van der Waals surface area contributed by atoms with Gasteiger partial charge in [0, 0.05) is 38.3 Å². The Morgan fingerprint density at radius 2 is 1.73 bits per heavy atom. The minimum atomic E-state index is -3.04. The number of carbonyl (C=O) groups excluding carboxylic acids is 1. The largest absolute Gasteiger partial charge is 0.497 e. The molecule has 0 N–H and O–H groups in total. The molecule has 1 unspecified atom stereocenters. The average Bonchev–Trinajstić information content (AvgIpc) is 2.76. The maximum atomic E-state index is 13.5. The molecule has 1 aliphatic heterocycles. The Bertz CT molecular complexity index is 964. The molecule has 162 valence electrons. The molecule has 7 nitrogen and oxygen atoms in total. The van der Waals surface area contributed by atoms with E-state index in [1.807, 2.05) is 47.4 Å². The number of ether oxygens (including phenoxy) is 2. The number of likely N-dealkylation sites (N-methyl/N-ethyl adjacent to an activating group) is 1. The predicted molar refractivity (Wildman–Crippen MR) is 115 cm³/mol. The highest BCUT2D eigenvalue weighted by atomic mass is 32.2. The molecule has 1 aliphatic rings. The molecular formula is C22H28N2O5S. The Morgan fingerprint density at radius 1 is 1.07 bits per heavy atom. The number of carbonyl (C=O) groups is 1. The summed E-state index contributed by atoms with van der Waals surface area (Å²) in [6, 6.07) is 14.5. The molecule has 30 heavy (non-hydrogen) atoms. The van der Waals surface area contributed by atoms with Crippen molar-refractivity contribution in [1.82, 2.24) is 9.80 Å². The Kier molecular flexibility index (Phi) is 6.99. The van der Waals surface area contributed by atoms with E-state index >= 15 is 0 Å². The molecule has 1 atom stereocenters. The summed E-state index contributed by atoms with van der Waals surface area (Å²) >= 11 is 0. The fourth-order valence-corrected chi connectivity index (χ4v) is 4.88. The van der Waals surface area contributed by atoms with Crippen LogP contribution in [0.5, 0.6) is 11.5 Å². The molecule has 0 bridgehead atoms. The zero-order chi connectivity index (χ0) is 21.7. The number of sulfone groups is 1. The molecule has 0 saturated carbocycles. The summed E-state index contributed by atoms with van der Waals surface area (Å²) in [4.78, 5) is 17.1. The standard InChI is InChI=1S/C22H28N2O5S/c1-23(16-18-9-10-19(28-2)15-20(18)29-3)22(25)21(17-7-5-4-6-8-17)24-11-13-30(26,27)14-12-24/h4-10,15,21H,11-14,16H2,1-3H3. The molecule has 1 saturated heterocycles. The third kappa shape index (κ3) is 5.12. The second-order valence-corrected chi connectivity index (χ2v) is 9.68. The van der Waals surface area contributed by atoms with Crippen LogP contribution in [0.4, 0.5) is 0 Å². The lowest BCUT2D eigenvalue weighted by atomic mass is 10.0. The van der Waals surface area contributed by atoms with Crippen molar-refractivity contribution < 1.29 is 22.7 Å². The first-order valence-corrected chi connectivity index (χ1v) is 11.6. The summed E-state index contributed by atoms with van der Waals surface area (Å²) < 4.78 is 34.5. The minimum absolute atomic E-state index is 0.0691. The Balaban J connectivity index is 1.84. The molecule has 1 fully saturated rings. The van der Waals surface area contributed by atoms with Crippen LogP contribution in [0.3, 0.4) is 0 Å². The van der Waals surface area contributed by atoms with Crippen LogP contribution >= 0.6 is 0 Å². The maximum absolute atomic E-state index is 13.5. The van der Waals surface area contributed by atoms with E-state index in [1.54, 1.807) is 32.2 Å². The lowest BCUT2D eigenvalue weighted by molar-refractivity contribution is -0.136. The molecule has 2 aromatic rings. The summed E-state index contributed by atoms with van der Waals surface area (Å²) in [6.07, 6.45) is 0. The second kappa shape index (κ2) is 9.49. The molecular weight excluding hydrogens is 404 g/mol. The quantitative estimate of drug-likeness (QED) is 0.667. The normalized spacial score (nSPS) is 17.2. The zero-order valence-electron chi connectivity index (χ0n) is 17.6. The lowest BCUT2D eigenvalue weighted by Gasteiger charge is -2.36. The van der Waals surface area contributed by atoms with E-state index in [-0.39, 0.29) is 17.4 Å². The van der Waals surface area contributed by atoms with Crippen LogP contribution in [0.2, 0.25) is 0 Å². The SMILES string of the molecule is COc1ccc(CN(C)C(=O)C(c2ccccc2)N2CCS(=O)(=O)CC2)c(OC)c1. The predicted octanol–water partition coefficient (Wildman–Crippen LogP) is 2.13. The first kappa shape index (κ1) is 22.1. The van der Waals surface area contributed by atoms with Crippen LogP contribution in [0.25, 0.3) is 0 Å². The highest BCUT2D eigenvalue weighted by Gasteiger charge is 2.34. The highest BCUT2D eigenvalue weighted by molar-refractivity contribution is 7.91. The van der Waals surface area contributed by atoms with Crippen LogP contribution in [0.15, 0.2) is 48.5 Å². The molecule has 3 rings (SSSR count). The van der Waals surface area contributed by atoms with Gasteiger partial charge in [-0.05, 0) is 17.7 Å². The van der Waals surface area contributed by atoms with Crippen LogP contribution in [-0.4, -0.2) is 70.0 Å². The Labute approximate surface area is 178 Å². The van der Waals surface area contributed by atoms with Crippen molar-refractivity contribution in [2.24, 2.45) is 0 Å². The monoisotopic (exact) mass is 432 g/mol. The number of hydrogen-bond acceptors (Lipinski definition) is 6. The Morgan fingerprint density at radius 3 is 2.33 bits per heavy atom. The molecule has 1 heterocycles. The number of rotatable bonds is 7. The molecule has 1 amide bonds.